The molecule has 2 aromatic carbocycles. The van der Waals surface area contributed by atoms with E-state index < -0.39 is 11.5 Å². The molecule has 0 spiro atoms. The highest BCUT2D eigenvalue weighted by molar-refractivity contribution is 6.61. The number of halogens is 1. The van der Waals surface area contributed by atoms with E-state index in [1.807, 2.05) is 20.8 Å². The molecule has 5 aromatic rings. The van der Waals surface area contributed by atoms with E-state index in [2.05, 4.69) is 20.8 Å². The van der Waals surface area contributed by atoms with Crippen molar-refractivity contribution in [1.82, 2.24) is 10.1 Å². The summed E-state index contributed by atoms with van der Waals surface area (Å²) in [6.07, 6.45) is 0. The maximum atomic E-state index is 13.1. The summed E-state index contributed by atoms with van der Waals surface area (Å²) in [5.74, 6) is 0.959. The minimum atomic E-state index is -0.951. The van der Waals surface area contributed by atoms with E-state index in [1.54, 1.807) is 54.6 Å². The van der Waals surface area contributed by atoms with Gasteiger partial charge in [-0.3, -0.25) is 10.1 Å². The van der Waals surface area contributed by atoms with Gasteiger partial charge in [0, 0.05) is 45.1 Å². The molecule has 0 atom stereocenters. The smallest absolute Gasteiger partial charge is 0.409 e. The van der Waals surface area contributed by atoms with Gasteiger partial charge in [-0.15, -0.1) is 0 Å². The summed E-state index contributed by atoms with van der Waals surface area (Å²) in [4.78, 5) is 39.5. The highest BCUT2D eigenvalue weighted by Gasteiger charge is 2.21. The first kappa shape index (κ1) is 24.1. The number of nitrogens with one attached hydrogen (secondary N) is 3. The minimum Gasteiger partial charge on any atom is -0.453 e. The van der Waals surface area contributed by atoms with Gasteiger partial charge < -0.3 is 24.0 Å². The molecule has 0 aliphatic rings. The van der Waals surface area contributed by atoms with Gasteiger partial charge in [-0.25, -0.2) is 9.59 Å². The van der Waals surface area contributed by atoms with Crippen LogP contribution >= 0.6 is 11.6 Å². The van der Waals surface area contributed by atoms with Gasteiger partial charge in [0.2, 0.25) is 5.78 Å². The molecule has 11 heteroatoms. The van der Waals surface area contributed by atoms with Crippen LogP contribution in [-0.2, 0) is 5.41 Å². The second-order valence-electron chi connectivity index (χ2n) is 9.37. The quantitative estimate of drug-likeness (QED) is 0.171. The fraction of sp³-hybridized carbons (Fsp3) is 0.154. The molecule has 3 aromatic heterocycles. The van der Waals surface area contributed by atoms with Gasteiger partial charge in [-0.2, -0.15) is 0 Å². The van der Waals surface area contributed by atoms with Crippen molar-refractivity contribution >= 4 is 62.2 Å². The van der Waals surface area contributed by atoms with Crippen LogP contribution in [0, 0.1) is 0 Å². The van der Waals surface area contributed by atoms with E-state index >= 15 is 0 Å². The van der Waals surface area contributed by atoms with Gasteiger partial charge in [-0.05, 0) is 48.5 Å². The Morgan fingerprint density at radius 2 is 1.78 bits per heavy atom. The molecule has 0 aliphatic carbocycles. The molecule has 10 nitrogen and oxygen atoms in total. The largest absolute Gasteiger partial charge is 0.453 e. The number of ketones is 1. The maximum absolute atomic E-state index is 13.1. The van der Waals surface area contributed by atoms with Crippen LogP contribution in [0.5, 0.6) is 5.75 Å². The highest BCUT2D eigenvalue weighted by atomic mass is 35.5. The van der Waals surface area contributed by atoms with E-state index in [-0.39, 0.29) is 22.7 Å². The van der Waals surface area contributed by atoms with Crippen molar-refractivity contribution in [2.75, 3.05) is 10.6 Å². The number of anilines is 2. The van der Waals surface area contributed by atoms with Crippen LogP contribution < -0.4 is 15.4 Å². The number of carbonyl (C=O) groups is 3. The molecule has 37 heavy (non-hydrogen) atoms. The Morgan fingerprint density at radius 1 is 0.973 bits per heavy atom. The number of rotatable bonds is 5. The van der Waals surface area contributed by atoms with E-state index in [9.17, 15) is 14.4 Å². The van der Waals surface area contributed by atoms with Crippen LogP contribution in [0.2, 0.25) is 0 Å². The number of ether oxygens (including phenoxy) is 1. The van der Waals surface area contributed by atoms with Crippen LogP contribution in [0.4, 0.5) is 21.1 Å². The zero-order chi connectivity index (χ0) is 26.3. The highest BCUT2D eigenvalue weighted by Crippen LogP contribution is 2.28. The van der Waals surface area contributed by atoms with Crippen molar-refractivity contribution in [3.8, 4) is 5.75 Å². The summed E-state index contributed by atoms with van der Waals surface area (Å²) in [5.41, 5.74) is 0.758. The van der Waals surface area contributed by atoms with Crippen LogP contribution in [0.25, 0.3) is 21.9 Å². The number of furan rings is 1. The third kappa shape index (κ3) is 5.19. The predicted octanol–water partition coefficient (Wildman–Crippen LogP) is 6.81. The Balaban J connectivity index is 1.31. The van der Waals surface area contributed by atoms with Crippen molar-refractivity contribution < 1.29 is 28.1 Å². The zero-order valence-corrected chi connectivity index (χ0v) is 20.7. The topological polar surface area (TPSA) is 139 Å². The Hall–Kier alpha value is -4.57. The van der Waals surface area contributed by atoms with Gasteiger partial charge in [0.05, 0.1) is 5.69 Å². The molecule has 3 heterocycles. The number of H-pyrrole nitrogens is 1. The molecule has 188 valence electrons. The molecule has 5 rings (SSSR count). The summed E-state index contributed by atoms with van der Waals surface area (Å²) in [6, 6.07) is 14.2. The van der Waals surface area contributed by atoms with Crippen molar-refractivity contribution in [3.63, 3.8) is 0 Å². The van der Waals surface area contributed by atoms with Gasteiger partial charge in [0.25, 0.3) is 0 Å². The van der Waals surface area contributed by atoms with E-state index in [4.69, 9.17) is 25.3 Å². The first-order valence-electron chi connectivity index (χ1n) is 11.2. The summed E-state index contributed by atoms with van der Waals surface area (Å²) in [6.45, 7) is 5.93. The molecule has 0 unspecified atom stereocenters. The number of urea groups is 1. The minimum absolute atomic E-state index is 0.118. The summed E-state index contributed by atoms with van der Waals surface area (Å²) < 4.78 is 15.9. The molecular formula is C26H21ClN4O6. The Labute approximate surface area is 214 Å². The number of hydrogen-bond donors (Lipinski definition) is 3. The number of amides is 2. The first-order chi connectivity index (χ1) is 17.5. The number of benzene rings is 2. The first-order valence-corrected chi connectivity index (χ1v) is 11.6. The van der Waals surface area contributed by atoms with Crippen molar-refractivity contribution in [3.05, 3.63) is 71.8 Å². The lowest BCUT2D eigenvalue weighted by Gasteiger charge is -2.12. The lowest BCUT2D eigenvalue weighted by molar-refractivity contribution is 0.101. The molecular weight excluding hydrogens is 500 g/mol. The molecule has 0 fully saturated rings. The van der Waals surface area contributed by atoms with Crippen LogP contribution in [-0.4, -0.2) is 27.4 Å². The fourth-order valence-electron chi connectivity index (χ4n) is 3.72. The monoisotopic (exact) mass is 520 g/mol. The van der Waals surface area contributed by atoms with Crippen LogP contribution in [0.15, 0.2) is 63.5 Å². The zero-order valence-electron chi connectivity index (χ0n) is 20.0. The Kier molecular flexibility index (Phi) is 5.96. The molecule has 0 saturated carbocycles. The van der Waals surface area contributed by atoms with Gasteiger partial charge in [0.15, 0.2) is 11.6 Å². The predicted molar refractivity (Wildman–Crippen MR) is 138 cm³/mol. The summed E-state index contributed by atoms with van der Waals surface area (Å²) >= 11 is 5.26. The number of hydrogen-bond acceptors (Lipinski definition) is 7. The van der Waals surface area contributed by atoms with Crippen molar-refractivity contribution in [2.45, 2.75) is 26.2 Å². The maximum Gasteiger partial charge on any atom is 0.409 e. The Bertz CT molecular complexity index is 1670. The Morgan fingerprint density at radius 3 is 2.51 bits per heavy atom. The van der Waals surface area contributed by atoms with Crippen molar-refractivity contribution in [2.24, 2.45) is 0 Å². The van der Waals surface area contributed by atoms with Gasteiger partial charge in [0.1, 0.15) is 17.1 Å². The number of fused-ring (bicyclic) bond motifs is 2. The number of aromatic amines is 1. The third-order valence-electron chi connectivity index (χ3n) is 5.52. The second-order valence-corrected chi connectivity index (χ2v) is 9.68. The SMILES string of the molecule is CC(C)(C)c1cc(NC(=O)Nc2ccc3oc(C(=O)c4cc5cc(OC(=O)Cl)ccc5[nH]4)cc3c2)no1. The van der Waals surface area contributed by atoms with E-state index in [0.717, 1.165) is 0 Å². The lowest BCUT2D eigenvalue weighted by Crippen LogP contribution is -2.19. The number of carbonyl (C=O) groups excluding carboxylic acids is 3. The molecule has 0 bridgehead atoms. The molecule has 2 amide bonds. The van der Waals surface area contributed by atoms with Crippen LogP contribution in [0.1, 0.15) is 42.8 Å². The van der Waals surface area contributed by atoms with Gasteiger partial charge in [-0.1, -0.05) is 25.9 Å². The average molecular weight is 521 g/mol. The summed E-state index contributed by atoms with van der Waals surface area (Å²) in [7, 11) is 0. The standard InChI is InChI=1S/C26H21ClN4O6/c1-26(2,3)21-12-22(31-37-21)30-25(34)28-15-4-7-19-14(8-15)11-20(36-19)23(32)18-10-13-9-16(35-24(27)33)5-6-17(13)29-18/h4-12,29H,1-3H3,(H2,28,30,31,34). The van der Waals surface area contributed by atoms with E-state index in [1.165, 1.54) is 0 Å². The summed E-state index contributed by atoms with van der Waals surface area (Å²) in [5, 5.41) is 10.5. The van der Waals surface area contributed by atoms with Crippen molar-refractivity contribution in [1.29, 1.82) is 0 Å². The number of aromatic nitrogens is 2. The molecule has 3 N–H and O–H groups in total. The molecule has 0 aliphatic heterocycles. The number of nitrogens with zero attached hydrogens (tertiary/aromatic N) is 1. The third-order valence-corrected chi connectivity index (χ3v) is 5.60. The van der Waals surface area contributed by atoms with Crippen LogP contribution in [0.3, 0.4) is 0 Å². The lowest BCUT2D eigenvalue weighted by atomic mass is 9.93. The fourth-order valence-corrected chi connectivity index (χ4v) is 3.81. The van der Waals surface area contributed by atoms with Gasteiger partial charge >= 0.3 is 11.5 Å². The second kappa shape index (κ2) is 9.14. The normalized spacial score (nSPS) is 11.6. The average Bonchev–Trinajstić information content (AvgIpc) is 3.55. The molecule has 0 saturated heterocycles. The molecule has 0 radical (unpaired) electrons. The van der Waals surface area contributed by atoms with E-state index in [0.29, 0.717) is 44.8 Å².